The molecule has 716 valence electrons. The van der Waals surface area contributed by atoms with Crippen LogP contribution in [0.3, 0.4) is 0 Å². The van der Waals surface area contributed by atoms with E-state index in [1.165, 1.54) is 56.7 Å². The Balaban J connectivity index is 0.000000126. The number of nitrogens with two attached hydrogens (primary N) is 5. The highest BCUT2D eigenvalue weighted by Crippen LogP contribution is 2.50. The minimum Gasteiger partial charge on any atom is -0.396 e. The van der Waals surface area contributed by atoms with Crippen LogP contribution < -0.4 is 28.7 Å². The molecule has 19 nitrogen and oxygen atoms in total. The molecule has 15 heterocycles. The van der Waals surface area contributed by atoms with Crippen LogP contribution in [0.1, 0.15) is 63.9 Å². The molecular formula is C103H91Cl2FN12O7S15. The summed E-state index contributed by atoms with van der Waals surface area (Å²) < 4.78 is 92.1. The third kappa shape index (κ3) is 23.7. The quantitative estimate of drug-likeness (QED) is 0.0168. The number of alkyl halides is 3. The third-order valence-corrected chi connectivity index (χ3v) is 42.4. The Hall–Kier alpha value is -10.4. The minimum absolute atomic E-state index is 0.0448. The first kappa shape index (κ1) is 102. The smallest absolute Gasteiger partial charge is 0.189 e. The number of halogens is 3. The standard InChI is InChI=1S/C21H19ClN2OS3.C21H21N3O3S3.C21H17N3OS3.C20H17ClN2OS3.C20H17FN2OS3/c22-10-4-5-12-28(25)21-19(23)18-15(14-7-2-1-3-8-14)13-16(24-20(18)27-21)17-9-6-11-26-17;1-2-3-10-30(26,27)21-18(22)17-15(14-6-4-13(12-25)5-7-14)11-16(24-20(17)29-21)19-23-8-9-28-19;22-10-4-5-12-28(25)21-19(23)18-15(14-7-2-1-3-8-14)13-16(24-20(18)27-21)17-9-6-11-26-17;2*21-9-5-11-27(24)20-18(22)17-14(13-6-2-1-3-7-13)12-15(23-19(17)26-20)16-8-4-10-25-16/h1-3,6-9,11,13H,4-5,10,12,23H2;4-9,11,25H,2-3,10,12,22H2,1H3;1-3,6-9,11,13H,4-5,12,23H2;2*1-4,6-8,10,12H,5,9,11,22H2. The van der Waals surface area contributed by atoms with Gasteiger partial charge in [0.15, 0.2) is 9.84 Å². The zero-order valence-corrected chi connectivity index (χ0v) is 88.8. The first-order valence-corrected chi connectivity index (χ1v) is 60.6. The van der Waals surface area contributed by atoms with Crippen LogP contribution in [0.2, 0.25) is 0 Å². The number of aliphatic hydroxyl groups is 1. The lowest BCUT2D eigenvalue weighted by Crippen LogP contribution is -2.06. The number of thiazole rings is 1. The highest BCUT2D eigenvalue weighted by Gasteiger charge is 2.30. The lowest BCUT2D eigenvalue weighted by Gasteiger charge is -2.08. The predicted molar refractivity (Wildman–Crippen MR) is 600 cm³/mol. The van der Waals surface area contributed by atoms with Crippen molar-refractivity contribution in [3.8, 4) is 115 Å². The predicted octanol–water partition coefficient (Wildman–Crippen LogP) is 28.6. The Bertz CT molecular complexity index is 7730. The second-order valence-electron chi connectivity index (χ2n) is 31.4. The number of nitrogen functional groups attached to an aromatic ring is 5. The molecule has 0 aliphatic heterocycles. The molecule has 11 N–H and O–H groups in total. The molecule has 0 saturated heterocycles. The Labute approximate surface area is 869 Å². The van der Waals surface area contributed by atoms with Crippen molar-refractivity contribution >= 4 is 269 Å². The van der Waals surface area contributed by atoms with Gasteiger partial charge in [0.25, 0.3) is 0 Å². The maximum Gasteiger partial charge on any atom is 0.189 e. The molecule has 15 aromatic heterocycles. The van der Waals surface area contributed by atoms with Gasteiger partial charge in [-0.2, -0.15) is 5.26 Å². The van der Waals surface area contributed by atoms with Gasteiger partial charge in [-0.1, -0.05) is 183 Å². The van der Waals surface area contributed by atoms with Crippen LogP contribution in [-0.4, -0.2) is 107 Å². The molecule has 0 radical (unpaired) electrons. The summed E-state index contributed by atoms with van der Waals surface area (Å²) in [5.74, 6) is 2.94. The van der Waals surface area contributed by atoms with Crippen molar-refractivity contribution in [2.45, 2.75) is 85.9 Å². The Kier molecular flexibility index (Phi) is 35.6. The van der Waals surface area contributed by atoms with Crippen LogP contribution in [0.4, 0.5) is 32.8 Å². The fourth-order valence-corrected chi connectivity index (χ4v) is 32.8. The van der Waals surface area contributed by atoms with E-state index < -0.39 is 59.7 Å². The minimum atomic E-state index is -3.48. The third-order valence-electron chi connectivity index (χ3n) is 22.0. The maximum absolute atomic E-state index is 12.9. The summed E-state index contributed by atoms with van der Waals surface area (Å²) in [6, 6.07) is 76.4. The number of rotatable bonds is 32. The highest BCUT2D eigenvalue weighted by molar-refractivity contribution is 7.93. The number of nitrogens with zero attached hydrogens (tertiary/aromatic N) is 7. The van der Waals surface area contributed by atoms with Gasteiger partial charge >= 0.3 is 0 Å². The first-order chi connectivity index (χ1) is 68.2. The Morgan fingerprint density at radius 3 is 1.04 bits per heavy atom. The molecule has 4 atom stereocenters. The summed E-state index contributed by atoms with van der Waals surface area (Å²) in [7, 11) is -8.34. The number of unbranched alkanes of at least 4 members (excludes halogenated alkanes) is 3. The van der Waals surface area contributed by atoms with E-state index in [0.29, 0.717) is 106 Å². The molecular weight excluding hydrogens is 2090 g/mol. The molecule has 20 rings (SSSR count). The maximum atomic E-state index is 12.9. The number of anilines is 5. The van der Waals surface area contributed by atoms with Crippen molar-refractivity contribution in [3.05, 3.63) is 263 Å². The molecule has 0 spiro atoms. The number of benzene rings is 5. The molecule has 0 aliphatic carbocycles. The average Bonchev–Trinajstić information content (AvgIpc) is 1.62. The molecule has 0 amide bonds. The number of thiophene rings is 9. The van der Waals surface area contributed by atoms with Crippen LogP contribution in [0.25, 0.3) is 160 Å². The number of nitriles is 1. The monoisotopic (exact) mass is 2180 g/mol. The molecule has 140 heavy (non-hydrogen) atoms. The van der Waals surface area contributed by atoms with Gasteiger partial charge in [0.1, 0.15) is 55.9 Å². The zero-order valence-electron chi connectivity index (χ0n) is 75.0. The van der Waals surface area contributed by atoms with Crippen molar-refractivity contribution in [2.75, 3.05) is 75.9 Å². The van der Waals surface area contributed by atoms with E-state index in [1.54, 1.807) is 51.5 Å². The van der Waals surface area contributed by atoms with E-state index in [-0.39, 0.29) is 34.4 Å². The number of sulfone groups is 1. The summed E-state index contributed by atoms with van der Waals surface area (Å²) in [6.45, 7) is 1.43. The lowest BCUT2D eigenvalue weighted by atomic mass is 10.0. The van der Waals surface area contributed by atoms with Crippen molar-refractivity contribution < 1.29 is 34.8 Å². The van der Waals surface area contributed by atoms with Crippen molar-refractivity contribution in [1.29, 1.82) is 5.26 Å². The van der Waals surface area contributed by atoms with Crippen LogP contribution in [0.5, 0.6) is 0 Å². The molecule has 0 fully saturated rings. The Morgan fingerprint density at radius 1 is 0.386 bits per heavy atom. The van der Waals surface area contributed by atoms with Gasteiger partial charge < -0.3 is 33.8 Å². The van der Waals surface area contributed by atoms with Gasteiger partial charge in [0, 0.05) is 79.7 Å². The van der Waals surface area contributed by atoms with E-state index in [9.17, 15) is 34.8 Å². The zero-order chi connectivity index (χ0) is 97.9. The van der Waals surface area contributed by atoms with E-state index in [0.717, 1.165) is 184 Å². The summed E-state index contributed by atoms with van der Waals surface area (Å²) in [5.41, 5.74) is 49.7. The van der Waals surface area contributed by atoms with Gasteiger partial charge in [0.05, 0.1) is 139 Å². The SMILES string of the molecule is CCCCS(=O)(=O)c1sc2nc(-c3nccs3)cc(-c3ccc(CO)cc3)c2c1N.N#CCCCS(=O)c1sc2nc(-c3cccs3)cc(-c3ccccc3)c2c1N.Nc1c(S(=O)CCCCCl)sc2nc(-c3cccs3)cc(-c3ccccc3)c12.Nc1c(S(=O)CCCCl)sc2nc(-c3cccs3)cc(-c3ccccc3)c12.Nc1c(S(=O)CCCF)sc2nc(-c3cccs3)cc(-c3ccccc3)c12. The van der Waals surface area contributed by atoms with Crippen molar-refractivity contribution in [1.82, 2.24) is 29.9 Å². The molecule has 0 aliphatic rings. The number of fused-ring (bicyclic) bond motifs is 5. The molecule has 20 aromatic rings. The van der Waals surface area contributed by atoms with Crippen LogP contribution in [-0.2, 0) is 59.6 Å². The van der Waals surface area contributed by atoms with E-state index >= 15 is 0 Å². The number of aromatic nitrogens is 6. The van der Waals surface area contributed by atoms with E-state index in [2.05, 4.69) is 65.7 Å². The number of hydrogen-bond acceptors (Lipinski definition) is 29. The largest absolute Gasteiger partial charge is 0.396 e. The van der Waals surface area contributed by atoms with Crippen LogP contribution in [0, 0.1) is 11.3 Å². The lowest BCUT2D eigenvalue weighted by molar-refractivity contribution is 0.282. The average molecular weight is 2180 g/mol. The second kappa shape index (κ2) is 48.6. The summed E-state index contributed by atoms with van der Waals surface area (Å²) in [6.07, 6.45) is 6.72. The van der Waals surface area contributed by atoms with Gasteiger partial charge in [-0.3, -0.25) is 21.2 Å². The van der Waals surface area contributed by atoms with Gasteiger partial charge in [-0.25, -0.2) is 38.3 Å². The fourth-order valence-electron chi connectivity index (χ4n) is 15.3. The van der Waals surface area contributed by atoms with E-state index in [1.807, 2.05) is 204 Å². The molecule has 0 saturated carbocycles. The first-order valence-electron chi connectivity index (χ1n) is 44.1. The van der Waals surface area contributed by atoms with Gasteiger partial charge in [-0.05, 0) is 176 Å². The topological polar surface area (TPSA) is 354 Å². The number of aliphatic hydroxyl groups excluding tert-OH is 1. The van der Waals surface area contributed by atoms with E-state index in [4.69, 9.17) is 82.1 Å². The van der Waals surface area contributed by atoms with Crippen LogP contribution >= 0.6 is 137 Å². The van der Waals surface area contributed by atoms with Gasteiger partial charge in [0.2, 0.25) is 0 Å². The summed E-state index contributed by atoms with van der Waals surface area (Å²) >= 11 is 26.3. The molecule has 4 unspecified atom stereocenters. The summed E-state index contributed by atoms with van der Waals surface area (Å²) in [4.78, 5) is 36.5. The normalized spacial score (nSPS) is 12.3. The fraction of sp³-hybridized carbons (Fsp3) is 0.175. The van der Waals surface area contributed by atoms with Crippen molar-refractivity contribution in [2.24, 2.45) is 0 Å². The van der Waals surface area contributed by atoms with Crippen LogP contribution in [0.15, 0.2) is 279 Å². The number of hydrogen-bond donors (Lipinski definition) is 6. The highest BCUT2D eigenvalue weighted by atomic mass is 35.5. The molecule has 5 aromatic carbocycles. The van der Waals surface area contributed by atoms with Gasteiger partial charge in [-0.15, -0.1) is 137 Å². The number of pyridine rings is 5. The molecule has 37 heteroatoms. The Morgan fingerprint density at radius 2 is 0.714 bits per heavy atom. The second-order valence-corrected chi connectivity index (χ2v) is 51.2. The van der Waals surface area contributed by atoms with Crippen molar-refractivity contribution in [3.63, 3.8) is 0 Å². The summed E-state index contributed by atoms with van der Waals surface area (Å²) in [5, 5.41) is 33.0. The molecule has 0 bridgehead atoms.